The molecule has 0 unspecified atom stereocenters. The summed E-state index contributed by atoms with van der Waals surface area (Å²) in [5.74, 6) is -0.831. The molecule has 3 N–H and O–H groups in total. The van der Waals surface area contributed by atoms with Crippen LogP contribution in [0.15, 0.2) is 24.7 Å². The number of aromatic nitrogens is 3. The first-order chi connectivity index (χ1) is 15.3. The van der Waals surface area contributed by atoms with Gasteiger partial charge in [-0.3, -0.25) is 4.84 Å². The number of nitrogens with zero attached hydrogens (tertiary/aromatic N) is 3. The number of halogens is 6. The second-order valence-corrected chi connectivity index (χ2v) is 8.36. The normalized spacial score (nSPS) is 20.2. The third kappa shape index (κ3) is 5.23. The van der Waals surface area contributed by atoms with Crippen LogP contribution >= 0.6 is 0 Å². The largest absolute Gasteiger partial charge is 0.421 e. The number of nitrogens with one attached hydrogen (secondary N) is 2. The summed E-state index contributed by atoms with van der Waals surface area (Å²) >= 11 is 0. The number of pyridine rings is 1. The third-order valence-electron chi connectivity index (χ3n) is 6.07. The fraction of sp³-hybridized carbons (Fsp3) is 0.550. The van der Waals surface area contributed by atoms with Crippen molar-refractivity contribution < 1.29 is 41.0 Å². The topological polar surface area (TPSA) is 83.2 Å². The third-order valence-corrected chi connectivity index (χ3v) is 6.07. The summed E-state index contributed by atoms with van der Waals surface area (Å²) in [6.45, 7) is 3.14. The minimum atomic E-state index is -4.74. The molecule has 2 aromatic rings. The van der Waals surface area contributed by atoms with E-state index in [-0.39, 0.29) is 30.1 Å². The Morgan fingerprint density at radius 3 is 2.39 bits per heavy atom. The fourth-order valence-electron chi connectivity index (χ4n) is 3.75. The first-order valence-electron chi connectivity index (χ1n) is 9.98. The Morgan fingerprint density at radius 2 is 1.85 bits per heavy atom. The smallest absolute Gasteiger partial charge is 0.396 e. The number of hydrogen-bond donors (Lipinski definition) is 3. The molecule has 0 radical (unpaired) electrons. The maximum absolute atomic E-state index is 13.5. The zero-order chi connectivity index (χ0) is 24.6. The average molecular weight is 480 g/mol. The molecule has 2 heterocycles. The summed E-state index contributed by atoms with van der Waals surface area (Å²) in [6, 6.07) is 0.447. The van der Waals surface area contributed by atoms with E-state index in [0.717, 1.165) is 23.2 Å². The van der Waals surface area contributed by atoms with E-state index in [1.807, 2.05) is 13.8 Å². The maximum atomic E-state index is 13.5. The molecule has 33 heavy (non-hydrogen) atoms. The number of aliphatic hydroxyl groups excluding tert-OH is 1. The first-order valence-corrected chi connectivity index (χ1v) is 9.98. The van der Waals surface area contributed by atoms with Crippen molar-refractivity contribution in [3.05, 3.63) is 41.3 Å². The van der Waals surface area contributed by atoms with Gasteiger partial charge in [0.2, 0.25) is 18.3 Å². The summed E-state index contributed by atoms with van der Waals surface area (Å²) < 4.78 is 81.5. The van der Waals surface area contributed by atoms with Crippen LogP contribution in [0.5, 0.6) is 0 Å². The van der Waals surface area contributed by atoms with Crippen LogP contribution in [0, 0.1) is 11.3 Å². The van der Waals surface area contributed by atoms with Crippen molar-refractivity contribution in [1.29, 1.82) is 0 Å². The molecule has 1 saturated carbocycles. The molecule has 1 fully saturated rings. The van der Waals surface area contributed by atoms with Gasteiger partial charge in [-0.1, -0.05) is 13.8 Å². The minimum absolute atomic E-state index is 0.0740. The molecule has 0 amide bonds. The van der Waals surface area contributed by atoms with Crippen molar-refractivity contribution in [2.75, 3.05) is 24.4 Å². The number of alkyl halides is 6. The van der Waals surface area contributed by atoms with Crippen LogP contribution in [0.25, 0.3) is 0 Å². The standard InChI is InChI=1S/C20H24F6N5O2/c1-18(2)12(10-32)6-15(18)29-16-14(20(24,25)26)8-28-17(30-16)27-7-11-9-31(33-3)5-4-13(11)19(21,22)23/h4-5,8-9,12,15,32H,6-7,10H2,1-3H3,(H2,27,28,29,30)/q+1/t12-,15-/m1/s1. The van der Waals surface area contributed by atoms with Crippen LogP contribution in [0.3, 0.4) is 0 Å². The Labute approximate surface area is 185 Å². The molecule has 1 aliphatic rings. The Morgan fingerprint density at radius 1 is 1.18 bits per heavy atom. The van der Waals surface area contributed by atoms with E-state index in [1.165, 1.54) is 7.11 Å². The molecule has 3 rings (SSSR count). The maximum Gasteiger partial charge on any atom is 0.421 e. The number of aliphatic hydroxyl groups is 1. The summed E-state index contributed by atoms with van der Waals surface area (Å²) in [6.07, 6.45) is -6.16. The molecule has 7 nitrogen and oxygen atoms in total. The number of rotatable bonds is 7. The lowest BCUT2D eigenvalue weighted by Crippen LogP contribution is -2.55. The van der Waals surface area contributed by atoms with Crippen LogP contribution in [0.1, 0.15) is 37.0 Å². The highest BCUT2D eigenvalue weighted by atomic mass is 19.4. The van der Waals surface area contributed by atoms with Crippen molar-refractivity contribution in [2.45, 2.75) is 45.2 Å². The lowest BCUT2D eigenvalue weighted by molar-refractivity contribution is -0.885. The van der Waals surface area contributed by atoms with Crippen molar-refractivity contribution in [2.24, 2.45) is 11.3 Å². The van der Waals surface area contributed by atoms with Crippen LogP contribution in [-0.4, -0.2) is 34.8 Å². The molecule has 0 saturated heterocycles. The Balaban J connectivity index is 1.86. The number of anilines is 2. The van der Waals surface area contributed by atoms with Crippen LogP contribution in [0.2, 0.25) is 0 Å². The van der Waals surface area contributed by atoms with Gasteiger partial charge in [-0.25, -0.2) is 4.98 Å². The van der Waals surface area contributed by atoms with Crippen LogP contribution < -0.4 is 20.2 Å². The lowest BCUT2D eigenvalue weighted by Gasteiger charge is -2.52. The van der Waals surface area contributed by atoms with Crippen LogP contribution in [-0.2, 0) is 18.9 Å². The van der Waals surface area contributed by atoms with Crippen molar-refractivity contribution in [1.82, 2.24) is 9.97 Å². The van der Waals surface area contributed by atoms with Gasteiger partial charge in [-0.2, -0.15) is 31.3 Å². The van der Waals surface area contributed by atoms with Gasteiger partial charge in [0, 0.05) is 36.2 Å². The van der Waals surface area contributed by atoms with Gasteiger partial charge in [0.05, 0.1) is 11.1 Å². The van der Waals surface area contributed by atoms with Crippen molar-refractivity contribution >= 4 is 11.8 Å². The van der Waals surface area contributed by atoms with Crippen LogP contribution in [0.4, 0.5) is 38.1 Å². The highest BCUT2D eigenvalue weighted by Gasteiger charge is 2.48. The quantitative estimate of drug-likeness (QED) is 0.417. The molecule has 182 valence electrons. The van der Waals surface area contributed by atoms with E-state index in [4.69, 9.17) is 4.84 Å². The highest BCUT2D eigenvalue weighted by Crippen LogP contribution is 2.48. The zero-order valence-corrected chi connectivity index (χ0v) is 18.1. The van der Waals surface area contributed by atoms with Gasteiger partial charge >= 0.3 is 12.4 Å². The van der Waals surface area contributed by atoms with Gasteiger partial charge in [-0.15, -0.1) is 0 Å². The molecule has 0 aliphatic heterocycles. The molecule has 13 heteroatoms. The molecule has 2 aromatic heterocycles. The average Bonchev–Trinajstić information content (AvgIpc) is 2.73. The lowest BCUT2D eigenvalue weighted by atomic mass is 9.59. The molecule has 0 aromatic carbocycles. The van der Waals surface area contributed by atoms with E-state index in [1.54, 1.807) is 0 Å². The minimum Gasteiger partial charge on any atom is -0.396 e. The van der Waals surface area contributed by atoms with E-state index < -0.39 is 41.3 Å². The van der Waals surface area contributed by atoms with E-state index in [0.29, 0.717) is 12.6 Å². The Hall–Kier alpha value is -2.83. The van der Waals surface area contributed by atoms with Gasteiger partial charge in [0.1, 0.15) is 18.5 Å². The van der Waals surface area contributed by atoms with Gasteiger partial charge < -0.3 is 15.7 Å². The van der Waals surface area contributed by atoms with Gasteiger partial charge in [-0.05, 0) is 17.8 Å². The summed E-state index contributed by atoms with van der Waals surface area (Å²) in [5.41, 5.74) is -2.71. The second-order valence-electron chi connectivity index (χ2n) is 8.36. The zero-order valence-electron chi connectivity index (χ0n) is 18.1. The predicted molar refractivity (Wildman–Crippen MR) is 105 cm³/mol. The summed E-state index contributed by atoms with van der Waals surface area (Å²) in [5, 5.41) is 14.7. The molecular formula is C20H24F6N5O2+. The molecular weight excluding hydrogens is 456 g/mol. The Bertz CT molecular complexity index is 996. The predicted octanol–water partition coefficient (Wildman–Crippen LogP) is 3.29. The van der Waals surface area contributed by atoms with Gasteiger partial charge in [0.25, 0.3) is 0 Å². The van der Waals surface area contributed by atoms with Crippen molar-refractivity contribution in [3.8, 4) is 0 Å². The fourth-order valence-corrected chi connectivity index (χ4v) is 3.75. The van der Waals surface area contributed by atoms with Crippen molar-refractivity contribution in [3.63, 3.8) is 0 Å². The monoisotopic (exact) mass is 480 g/mol. The SMILES string of the molecule is CO[n+]1ccc(C(F)(F)F)c(CNc2ncc(C(F)(F)F)c(N[C@@H]3C[C@H](CO)C3(C)C)n2)c1. The van der Waals surface area contributed by atoms with E-state index in [2.05, 4.69) is 20.6 Å². The summed E-state index contributed by atoms with van der Waals surface area (Å²) in [4.78, 5) is 12.4. The van der Waals surface area contributed by atoms with Gasteiger partial charge in [0.15, 0.2) is 0 Å². The number of hydrogen-bond acceptors (Lipinski definition) is 6. The second kappa shape index (κ2) is 8.84. The molecule has 2 atom stereocenters. The first kappa shape index (κ1) is 24.8. The highest BCUT2D eigenvalue weighted by molar-refractivity contribution is 5.50. The molecule has 1 aliphatic carbocycles. The van der Waals surface area contributed by atoms with E-state index in [9.17, 15) is 31.4 Å². The van der Waals surface area contributed by atoms with E-state index >= 15 is 0 Å². The Kier molecular flexibility index (Phi) is 6.65. The summed E-state index contributed by atoms with van der Waals surface area (Å²) in [7, 11) is 1.27. The molecule has 0 bridgehead atoms. The molecule has 0 spiro atoms.